The number of hydrogen-bond donors (Lipinski definition) is 2. The Hall–Kier alpha value is -5.12. The van der Waals surface area contributed by atoms with E-state index in [1.54, 1.807) is 48.2 Å². The normalized spacial score (nSPS) is 9.62. The number of carbonyl (C=O) groups excluding carboxylic acids is 6. The standard InChI is InChI=1S/C30H34N4O4.2CH2O/c1-21(35)33(3)20-18-24-5-13-27(14-6-24)32-30(38)26-11-9-25(10-12-26)29(37)31-19-17-23-7-15-28(16-8-23)34(4)22(2)36;2*1-2/h5-16H,17-20H2,1-4H3,(H,31,37)(H,32,38);2*1H2. The van der Waals surface area contributed by atoms with Gasteiger partial charge in [-0.2, -0.15) is 0 Å². The van der Waals surface area contributed by atoms with E-state index in [4.69, 9.17) is 9.59 Å². The smallest absolute Gasteiger partial charge is 0.255 e. The summed E-state index contributed by atoms with van der Waals surface area (Å²) in [5.41, 5.74) is 4.53. The molecule has 0 aromatic heterocycles. The van der Waals surface area contributed by atoms with Gasteiger partial charge in [0.1, 0.15) is 13.6 Å². The molecule has 0 aliphatic carbocycles. The number of likely N-dealkylation sites (N-methyl/N-ethyl adjacent to an activating group) is 1. The quantitative estimate of drug-likeness (QED) is 0.381. The Morgan fingerprint density at radius 3 is 1.62 bits per heavy atom. The van der Waals surface area contributed by atoms with Crippen molar-refractivity contribution in [2.75, 3.05) is 37.4 Å². The van der Waals surface area contributed by atoms with Gasteiger partial charge in [-0.25, -0.2) is 0 Å². The molecule has 0 saturated heterocycles. The minimum Gasteiger partial charge on any atom is -0.352 e. The highest BCUT2D eigenvalue weighted by Gasteiger charge is 2.10. The molecule has 222 valence electrons. The summed E-state index contributed by atoms with van der Waals surface area (Å²) in [5, 5.41) is 5.76. The molecule has 4 amide bonds. The fraction of sp³-hybridized carbons (Fsp3) is 0.250. The van der Waals surface area contributed by atoms with Gasteiger partial charge >= 0.3 is 0 Å². The fourth-order valence-corrected chi connectivity index (χ4v) is 3.68. The van der Waals surface area contributed by atoms with Crippen molar-refractivity contribution in [3.05, 3.63) is 95.1 Å². The lowest BCUT2D eigenvalue weighted by Crippen LogP contribution is -2.26. The predicted octanol–water partition coefficient (Wildman–Crippen LogP) is 3.55. The maximum atomic E-state index is 12.6. The van der Waals surface area contributed by atoms with Gasteiger partial charge in [-0.05, 0) is 72.5 Å². The van der Waals surface area contributed by atoms with Crippen molar-refractivity contribution in [1.29, 1.82) is 0 Å². The minimum atomic E-state index is -0.264. The Morgan fingerprint density at radius 1 is 0.643 bits per heavy atom. The molecule has 0 fully saturated rings. The maximum Gasteiger partial charge on any atom is 0.255 e. The van der Waals surface area contributed by atoms with E-state index in [1.165, 1.54) is 13.8 Å². The monoisotopic (exact) mass is 574 g/mol. The van der Waals surface area contributed by atoms with Crippen LogP contribution in [0.15, 0.2) is 72.8 Å². The lowest BCUT2D eigenvalue weighted by molar-refractivity contribution is -0.127. The number of rotatable bonds is 10. The number of anilines is 2. The summed E-state index contributed by atoms with van der Waals surface area (Å²) < 4.78 is 0. The first-order chi connectivity index (χ1) is 20.1. The van der Waals surface area contributed by atoms with Crippen LogP contribution in [0.5, 0.6) is 0 Å². The van der Waals surface area contributed by atoms with E-state index in [0.29, 0.717) is 36.3 Å². The second kappa shape index (κ2) is 18.3. The van der Waals surface area contributed by atoms with E-state index in [0.717, 1.165) is 23.2 Å². The van der Waals surface area contributed by atoms with Gasteiger partial charge in [0, 0.05) is 63.5 Å². The first kappa shape index (κ1) is 34.9. The van der Waals surface area contributed by atoms with Crippen LogP contribution in [0.3, 0.4) is 0 Å². The molecule has 0 spiro atoms. The molecule has 10 nitrogen and oxygen atoms in total. The Balaban J connectivity index is 0.00000211. The lowest BCUT2D eigenvalue weighted by Gasteiger charge is -2.15. The number of benzene rings is 3. The van der Waals surface area contributed by atoms with E-state index in [2.05, 4.69) is 10.6 Å². The van der Waals surface area contributed by atoms with Crippen LogP contribution in [0.4, 0.5) is 11.4 Å². The summed E-state index contributed by atoms with van der Waals surface area (Å²) in [4.78, 5) is 67.2. The molecular formula is C32H38N4O6. The summed E-state index contributed by atoms with van der Waals surface area (Å²) in [7, 11) is 3.49. The van der Waals surface area contributed by atoms with Gasteiger partial charge in [0.15, 0.2) is 0 Å². The highest BCUT2D eigenvalue weighted by molar-refractivity contribution is 6.05. The molecule has 0 unspecified atom stereocenters. The average Bonchev–Trinajstić information content (AvgIpc) is 3.02. The molecule has 0 aliphatic heterocycles. The van der Waals surface area contributed by atoms with Gasteiger partial charge in [-0.3, -0.25) is 19.2 Å². The van der Waals surface area contributed by atoms with Gasteiger partial charge in [0.05, 0.1) is 0 Å². The zero-order valence-electron chi connectivity index (χ0n) is 24.5. The SMILES string of the molecule is C=O.C=O.CC(=O)N(C)CCc1ccc(NC(=O)c2ccc(C(=O)NCCc3ccc(N(C)C(C)=O)cc3)cc2)cc1. The predicted molar refractivity (Wildman–Crippen MR) is 164 cm³/mol. The number of nitrogens with one attached hydrogen (secondary N) is 2. The molecule has 3 aromatic rings. The summed E-state index contributed by atoms with van der Waals surface area (Å²) in [5.74, 6) is -0.482. The van der Waals surface area contributed by atoms with Crippen LogP contribution in [-0.2, 0) is 32.0 Å². The molecule has 0 bridgehead atoms. The number of carbonyl (C=O) groups is 6. The third-order valence-electron chi connectivity index (χ3n) is 6.39. The van der Waals surface area contributed by atoms with Gasteiger partial charge in [0.25, 0.3) is 11.8 Å². The number of amides is 4. The second-order valence-corrected chi connectivity index (χ2v) is 9.17. The zero-order valence-corrected chi connectivity index (χ0v) is 24.5. The van der Waals surface area contributed by atoms with Crippen LogP contribution in [0.2, 0.25) is 0 Å². The number of hydrogen-bond acceptors (Lipinski definition) is 6. The van der Waals surface area contributed by atoms with Crippen LogP contribution in [0, 0.1) is 0 Å². The second-order valence-electron chi connectivity index (χ2n) is 9.17. The Bertz CT molecular complexity index is 1310. The third kappa shape index (κ3) is 11.2. The zero-order chi connectivity index (χ0) is 31.7. The van der Waals surface area contributed by atoms with Gasteiger partial charge < -0.3 is 30.0 Å². The summed E-state index contributed by atoms with van der Waals surface area (Å²) in [6.07, 6.45) is 1.39. The molecule has 2 N–H and O–H groups in total. The van der Waals surface area contributed by atoms with Crippen molar-refractivity contribution in [2.24, 2.45) is 0 Å². The largest absolute Gasteiger partial charge is 0.352 e. The first-order valence-electron chi connectivity index (χ1n) is 13.1. The molecule has 0 saturated carbocycles. The van der Waals surface area contributed by atoms with Crippen LogP contribution in [0.25, 0.3) is 0 Å². The van der Waals surface area contributed by atoms with Gasteiger partial charge in [-0.1, -0.05) is 24.3 Å². The Kier molecular flexibility index (Phi) is 15.2. The molecule has 3 aromatic carbocycles. The van der Waals surface area contributed by atoms with E-state index in [1.807, 2.05) is 62.1 Å². The molecule has 0 aliphatic rings. The van der Waals surface area contributed by atoms with Crippen molar-refractivity contribution in [3.63, 3.8) is 0 Å². The fourth-order valence-electron chi connectivity index (χ4n) is 3.68. The van der Waals surface area contributed by atoms with E-state index < -0.39 is 0 Å². The average molecular weight is 575 g/mol. The summed E-state index contributed by atoms with van der Waals surface area (Å²) in [6, 6.07) is 21.7. The molecule has 10 heteroatoms. The summed E-state index contributed by atoms with van der Waals surface area (Å²) >= 11 is 0. The third-order valence-corrected chi connectivity index (χ3v) is 6.39. The Morgan fingerprint density at radius 2 is 1.12 bits per heavy atom. The van der Waals surface area contributed by atoms with E-state index in [-0.39, 0.29) is 23.6 Å². The van der Waals surface area contributed by atoms with Crippen molar-refractivity contribution < 1.29 is 28.8 Å². The highest BCUT2D eigenvalue weighted by atomic mass is 16.2. The van der Waals surface area contributed by atoms with Crippen molar-refractivity contribution in [2.45, 2.75) is 26.7 Å². The number of nitrogens with zero attached hydrogens (tertiary/aromatic N) is 2. The Labute approximate surface area is 246 Å². The topological polar surface area (TPSA) is 133 Å². The molecule has 0 heterocycles. The molecule has 0 radical (unpaired) electrons. The van der Waals surface area contributed by atoms with Crippen LogP contribution in [-0.4, -0.2) is 69.3 Å². The summed E-state index contributed by atoms with van der Waals surface area (Å²) in [6.45, 7) is 8.15. The van der Waals surface area contributed by atoms with Crippen molar-refractivity contribution in [3.8, 4) is 0 Å². The van der Waals surface area contributed by atoms with E-state index >= 15 is 0 Å². The highest BCUT2D eigenvalue weighted by Crippen LogP contribution is 2.15. The van der Waals surface area contributed by atoms with Gasteiger partial charge in [0.2, 0.25) is 11.8 Å². The minimum absolute atomic E-state index is 0.0270. The first-order valence-corrected chi connectivity index (χ1v) is 13.1. The van der Waals surface area contributed by atoms with Gasteiger partial charge in [-0.15, -0.1) is 0 Å². The van der Waals surface area contributed by atoms with E-state index in [9.17, 15) is 19.2 Å². The van der Waals surface area contributed by atoms with Crippen molar-refractivity contribution >= 4 is 48.6 Å². The van der Waals surface area contributed by atoms with Crippen LogP contribution >= 0.6 is 0 Å². The molecule has 3 rings (SSSR count). The lowest BCUT2D eigenvalue weighted by atomic mass is 10.1. The molecular weight excluding hydrogens is 536 g/mol. The molecule has 0 atom stereocenters. The van der Waals surface area contributed by atoms with Crippen LogP contribution < -0.4 is 15.5 Å². The van der Waals surface area contributed by atoms with Crippen LogP contribution in [0.1, 0.15) is 45.7 Å². The molecule has 42 heavy (non-hydrogen) atoms. The maximum absolute atomic E-state index is 12.6. The van der Waals surface area contributed by atoms with Crippen molar-refractivity contribution in [1.82, 2.24) is 10.2 Å².